The summed E-state index contributed by atoms with van der Waals surface area (Å²) in [6.07, 6.45) is 2.73. The van der Waals surface area contributed by atoms with E-state index in [0.29, 0.717) is 16.6 Å². The molecule has 2 nitrogen and oxygen atoms in total. The fourth-order valence-electron chi connectivity index (χ4n) is 2.85. The number of halogens is 3. The van der Waals surface area contributed by atoms with Gasteiger partial charge in [-0.05, 0) is 73.3 Å². The number of H-pyrrole nitrogens is 1. The highest BCUT2D eigenvalue weighted by molar-refractivity contribution is 6.40. The van der Waals surface area contributed by atoms with E-state index in [4.69, 9.17) is 28.9 Å². The summed E-state index contributed by atoms with van der Waals surface area (Å²) in [5.41, 5.74) is 9.38. The third kappa shape index (κ3) is 3.23. The average molecular weight is 351 g/mol. The highest BCUT2D eigenvalue weighted by atomic mass is 35.5. The molecule has 3 N–H and O–H groups in total. The Morgan fingerprint density at radius 3 is 2.35 bits per heavy atom. The maximum Gasteiger partial charge on any atom is 0.123 e. The van der Waals surface area contributed by atoms with E-state index < -0.39 is 0 Å². The van der Waals surface area contributed by atoms with Gasteiger partial charge < -0.3 is 10.7 Å². The van der Waals surface area contributed by atoms with Gasteiger partial charge in [-0.2, -0.15) is 0 Å². The van der Waals surface area contributed by atoms with Gasteiger partial charge in [0.15, 0.2) is 0 Å². The lowest BCUT2D eigenvalue weighted by Crippen LogP contribution is -1.99. The first-order valence-corrected chi connectivity index (χ1v) is 8.32. The van der Waals surface area contributed by atoms with Crippen LogP contribution in [0.15, 0.2) is 36.4 Å². The predicted molar refractivity (Wildman–Crippen MR) is 95.7 cm³/mol. The van der Waals surface area contributed by atoms with Crippen LogP contribution in [0.2, 0.25) is 10.0 Å². The number of hydrogen-bond donors (Lipinski definition) is 2. The minimum Gasteiger partial charge on any atom is -0.353 e. The van der Waals surface area contributed by atoms with Crippen LogP contribution in [0.1, 0.15) is 18.4 Å². The molecule has 0 saturated carbocycles. The molecular weight excluding hydrogens is 334 g/mol. The lowest BCUT2D eigenvalue weighted by Gasteiger charge is -2.06. The van der Waals surface area contributed by atoms with E-state index in [1.54, 1.807) is 24.3 Å². The van der Waals surface area contributed by atoms with Gasteiger partial charge in [0.1, 0.15) is 5.82 Å². The van der Waals surface area contributed by atoms with Gasteiger partial charge in [-0.1, -0.05) is 23.2 Å². The molecule has 0 aliphatic heterocycles. The van der Waals surface area contributed by atoms with Gasteiger partial charge in [0.2, 0.25) is 0 Å². The third-order valence-corrected chi connectivity index (χ3v) is 4.60. The maximum absolute atomic E-state index is 13.2. The summed E-state index contributed by atoms with van der Waals surface area (Å²) < 4.78 is 13.2. The van der Waals surface area contributed by atoms with Gasteiger partial charge in [-0.15, -0.1) is 0 Å². The van der Waals surface area contributed by atoms with Crippen molar-refractivity contribution in [1.29, 1.82) is 0 Å². The molecule has 0 fully saturated rings. The van der Waals surface area contributed by atoms with Crippen molar-refractivity contribution < 1.29 is 4.39 Å². The SMILES string of the molecule is NCCCCc1c(-c2ccc(F)cc2)[nH]c2c(Cl)ccc(Cl)c12. The Hall–Kier alpha value is -1.55. The third-order valence-electron chi connectivity index (χ3n) is 3.97. The second-order valence-corrected chi connectivity index (χ2v) is 6.32. The molecule has 23 heavy (non-hydrogen) atoms. The summed E-state index contributed by atoms with van der Waals surface area (Å²) in [7, 11) is 0. The average Bonchev–Trinajstić information content (AvgIpc) is 2.93. The number of aromatic amines is 1. The number of nitrogens with one attached hydrogen (secondary N) is 1. The van der Waals surface area contributed by atoms with E-state index in [9.17, 15) is 4.39 Å². The number of hydrogen-bond acceptors (Lipinski definition) is 1. The van der Waals surface area contributed by atoms with Crippen molar-refractivity contribution in [2.75, 3.05) is 6.54 Å². The number of unbranched alkanes of at least 4 members (excludes halogenated alkanes) is 1. The number of nitrogens with two attached hydrogens (primary N) is 1. The predicted octanol–water partition coefficient (Wildman–Crippen LogP) is 5.56. The Bertz CT molecular complexity index is 825. The van der Waals surface area contributed by atoms with Gasteiger partial charge in [-0.25, -0.2) is 4.39 Å². The quantitative estimate of drug-likeness (QED) is 0.581. The van der Waals surface area contributed by atoms with Crippen molar-refractivity contribution >= 4 is 34.1 Å². The summed E-state index contributed by atoms with van der Waals surface area (Å²) in [6.45, 7) is 0.655. The highest BCUT2D eigenvalue weighted by Gasteiger charge is 2.17. The van der Waals surface area contributed by atoms with Crippen molar-refractivity contribution in [3.63, 3.8) is 0 Å². The van der Waals surface area contributed by atoms with Crippen molar-refractivity contribution in [3.8, 4) is 11.3 Å². The van der Waals surface area contributed by atoms with Gasteiger partial charge in [0, 0.05) is 11.1 Å². The molecular formula is C18H17Cl2FN2. The summed E-state index contributed by atoms with van der Waals surface area (Å²) in [6, 6.07) is 10.0. The monoisotopic (exact) mass is 350 g/mol. The summed E-state index contributed by atoms with van der Waals surface area (Å²) >= 11 is 12.7. The van der Waals surface area contributed by atoms with Crippen molar-refractivity contribution in [2.45, 2.75) is 19.3 Å². The van der Waals surface area contributed by atoms with Crippen molar-refractivity contribution in [3.05, 3.63) is 57.8 Å². The van der Waals surface area contributed by atoms with E-state index in [-0.39, 0.29) is 5.82 Å². The molecule has 120 valence electrons. The van der Waals surface area contributed by atoms with E-state index >= 15 is 0 Å². The Balaban J connectivity index is 2.19. The molecule has 0 amide bonds. The van der Waals surface area contributed by atoms with Gasteiger partial charge in [-0.3, -0.25) is 0 Å². The molecule has 3 aromatic rings. The van der Waals surface area contributed by atoms with Crippen LogP contribution in [0.3, 0.4) is 0 Å². The van der Waals surface area contributed by atoms with Crippen LogP contribution in [-0.4, -0.2) is 11.5 Å². The smallest absolute Gasteiger partial charge is 0.123 e. The zero-order chi connectivity index (χ0) is 16.4. The van der Waals surface area contributed by atoms with Crippen LogP contribution in [-0.2, 0) is 6.42 Å². The normalized spacial score (nSPS) is 11.3. The molecule has 1 aromatic heterocycles. The van der Waals surface area contributed by atoms with E-state index in [0.717, 1.165) is 47.0 Å². The van der Waals surface area contributed by atoms with E-state index in [2.05, 4.69) is 4.98 Å². The molecule has 0 saturated heterocycles. The standard InChI is InChI=1S/C18H17Cl2FN2/c19-14-8-9-15(20)18-16(14)13(3-1-2-10-22)17(23-18)11-4-6-12(21)7-5-11/h4-9,23H,1-3,10,22H2. The molecule has 0 unspecified atom stereocenters. The van der Waals surface area contributed by atoms with Gasteiger partial charge >= 0.3 is 0 Å². The fourth-order valence-corrected chi connectivity index (χ4v) is 3.33. The van der Waals surface area contributed by atoms with Crippen LogP contribution in [0.5, 0.6) is 0 Å². The number of fused-ring (bicyclic) bond motifs is 1. The minimum absolute atomic E-state index is 0.259. The zero-order valence-electron chi connectivity index (χ0n) is 12.5. The highest BCUT2D eigenvalue weighted by Crippen LogP contribution is 2.38. The maximum atomic E-state index is 13.2. The molecule has 0 bridgehead atoms. The summed E-state index contributed by atoms with van der Waals surface area (Å²) in [5.74, 6) is -0.259. The van der Waals surface area contributed by atoms with E-state index in [1.807, 2.05) is 0 Å². The Labute approximate surface area is 144 Å². The molecule has 3 rings (SSSR count). The van der Waals surface area contributed by atoms with Gasteiger partial charge in [0.25, 0.3) is 0 Å². The Morgan fingerprint density at radius 1 is 0.957 bits per heavy atom. The van der Waals surface area contributed by atoms with Crippen LogP contribution in [0, 0.1) is 5.82 Å². The molecule has 1 heterocycles. The number of aromatic nitrogens is 1. The Kier molecular flexibility index (Phi) is 4.90. The molecule has 5 heteroatoms. The zero-order valence-corrected chi connectivity index (χ0v) is 14.0. The molecule has 0 radical (unpaired) electrons. The largest absolute Gasteiger partial charge is 0.353 e. The van der Waals surface area contributed by atoms with Crippen LogP contribution >= 0.6 is 23.2 Å². The molecule has 2 aromatic carbocycles. The molecule has 0 aliphatic carbocycles. The summed E-state index contributed by atoms with van der Waals surface area (Å²) in [5, 5.41) is 2.23. The van der Waals surface area contributed by atoms with Crippen molar-refractivity contribution in [1.82, 2.24) is 4.98 Å². The number of benzene rings is 2. The van der Waals surface area contributed by atoms with Crippen LogP contribution < -0.4 is 5.73 Å². The lowest BCUT2D eigenvalue weighted by atomic mass is 10.0. The molecule has 0 spiro atoms. The lowest BCUT2D eigenvalue weighted by molar-refractivity contribution is 0.628. The summed E-state index contributed by atoms with van der Waals surface area (Å²) in [4.78, 5) is 3.37. The first kappa shape index (κ1) is 16.3. The number of rotatable bonds is 5. The second kappa shape index (κ2) is 6.91. The Morgan fingerprint density at radius 2 is 1.65 bits per heavy atom. The van der Waals surface area contributed by atoms with Gasteiger partial charge in [0.05, 0.1) is 15.6 Å². The number of aryl methyl sites for hydroxylation is 1. The fraction of sp³-hybridized carbons (Fsp3) is 0.222. The topological polar surface area (TPSA) is 41.8 Å². The minimum atomic E-state index is -0.259. The molecule has 0 atom stereocenters. The molecule has 0 aliphatic rings. The van der Waals surface area contributed by atoms with E-state index in [1.165, 1.54) is 12.1 Å². The first-order valence-electron chi connectivity index (χ1n) is 7.56. The van der Waals surface area contributed by atoms with Crippen molar-refractivity contribution in [2.24, 2.45) is 5.73 Å². The van der Waals surface area contributed by atoms with Crippen LogP contribution in [0.25, 0.3) is 22.2 Å². The first-order chi connectivity index (χ1) is 11.1. The van der Waals surface area contributed by atoms with Crippen LogP contribution in [0.4, 0.5) is 4.39 Å². The second-order valence-electron chi connectivity index (χ2n) is 5.51.